The number of nitrogens with one attached hydrogen (secondary N) is 1. The minimum atomic E-state index is -0.259. The van der Waals surface area contributed by atoms with Crippen LogP contribution in [-0.4, -0.2) is 24.2 Å². The van der Waals surface area contributed by atoms with Gasteiger partial charge in [-0.3, -0.25) is 4.79 Å². The molecule has 0 heterocycles. The number of benzene rings is 1. The normalized spacial score (nSPS) is 17.2. The van der Waals surface area contributed by atoms with E-state index in [9.17, 15) is 14.3 Å². The van der Waals surface area contributed by atoms with Crippen molar-refractivity contribution < 1.29 is 14.3 Å². The standard InChI is InChI=1S/C18H26FNO2/c19-17-8-6-15(7-9-17)10-16(13-21)12-20-18(22)11-14-4-2-1-3-5-14/h6-9,14,16,21H,1-5,10-13H2,(H,20,22)/t16-/m0/s1. The maximum absolute atomic E-state index is 12.9. The number of hydrogen-bond acceptors (Lipinski definition) is 2. The van der Waals surface area contributed by atoms with E-state index in [1.165, 1.54) is 31.4 Å². The third kappa shape index (κ3) is 5.76. The fourth-order valence-electron chi connectivity index (χ4n) is 3.14. The highest BCUT2D eigenvalue weighted by Crippen LogP contribution is 2.26. The number of hydrogen-bond donors (Lipinski definition) is 2. The fourth-order valence-corrected chi connectivity index (χ4v) is 3.14. The molecule has 0 saturated heterocycles. The molecule has 1 aromatic rings. The van der Waals surface area contributed by atoms with Gasteiger partial charge in [-0.2, -0.15) is 0 Å². The quantitative estimate of drug-likeness (QED) is 0.813. The molecule has 1 amide bonds. The number of rotatable bonds is 7. The summed E-state index contributed by atoms with van der Waals surface area (Å²) in [5.74, 6) is 0.328. The summed E-state index contributed by atoms with van der Waals surface area (Å²) in [4.78, 5) is 12.0. The van der Waals surface area contributed by atoms with Crippen LogP contribution in [0.1, 0.15) is 44.1 Å². The largest absolute Gasteiger partial charge is 0.396 e. The van der Waals surface area contributed by atoms with E-state index in [2.05, 4.69) is 5.32 Å². The summed E-state index contributed by atoms with van der Waals surface area (Å²) in [7, 11) is 0. The van der Waals surface area contributed by atoms with Gasteiger partial charge in [0.1, 0.15) is 5.82 Å². The Morgan fingerprint density at radius 1 is 1.23 bits per heavy atom. The van der Waals surface area contributed by atoms with Crippen molar-refractivity contribution in [1.82, 2.24) is 5.32 Å². The highest BCUT2D eigenvalue weighted by molar-refractivity contribution is 5.76. The molecule has 22 heavy (non-hydrogen) atoms. The lowest BCUT2D eigenvalue weighted by Gasteiger charge is -2.21. The molecule has 0 spiro atoms. The molecule has 1 aromatic carbocycles. The van der Waals surface area contributed by atoms with Crippen LogP contribution in [0.3, 0.4) is 0 Å². The number of aliphatic hydroxyl groups is 1. The van der Waals surface area contributed by atoms with E-state index >= 15 is 0 Å². The van der Waals surface area contributed by atoms with Gasteiger partial charge in [-0.05, 0) is 42.9 Å². The number of aliphatic hydroxyl groups excluding tert-OH is 1. The average Bonchev–Trinajstić information content (AvgIpc) is 2.54. The molecule has 1 atom stereocenters. The topological polar surface area (TPSA) is 49.3 Å². The van der Waals surface area contributed by atoms with Gasteiger partial charge in [0.25, 0.3) is 0 Å². The maximum atomic E-state index is 12.9. The molecule has 122 valence electrons. The van der Waals surface area contributed by atoms with Crippen molar-refractivity contribution in [2.45, 2.75) is 44.9 Å². The summed E-state index contributed by atoms with van der Waals surface area (Å²) in [6.45, 7) is 0.487. The molecule has 1 fully saturated rings. The van der Waals surface area contributed by atoms with Crippen LogP contribution in [-0.2, 0) is 11.2 Å². The first-order valence-corrected chi connectivity index (χ1v) is 8.29. The lowest BCUT2D eigenvalue weighted by atomic mass is 9.87. The second-order valence-corrected chi connectivity index (χ2v) is 6.39. The number of halogens is 1. The fraction of sp³-hybridized carbons (Fsp3) is 0.611. The predicted molar refractivity (Wildman–Crippen MR) is 84.9 cm³/mol. The number of carbonyl (C=O) groups is 1. The molecule has 0 aliphatic heterocycles. The zero-order valence-electron chi connectivity index (χ0n) is 13.1. The first-order chi connectivity index (χ1) is 10.7. The predicted octanol–water partition coefficient (Wildman–Crippen LogP) is 3.06. The van der Waals surface area contributed by atoms with Gasteiger partial charge >= 0.3 is 0 Å². The Bertz CT molecular complexity index is 455. The average molecular weight is 307 g/mol. The molecule has 3 nitrogen and oxygen atoms in total. The highest BCUT2D eigenvalue weighted by Gasteiger charge is 2.18. The van der Waals surface area contributed by atoms with Gasteiger partial charge in [-0.15, -0.1) is 0 Å². The zero-order chi connectivity index (χ0) is 15.8. The van der Waals surface area contributed by atoms with Crippen LogP contribution >= 0.6 is 0 Å². The summed E-state index contributed by atoms with van der Waals surface area (Å²) in [5.41, 5.74) is 0.974. The lowest BCUT2D eigenvalue weighted by molar-refractivity contribution is -0.122. The lowest BCUT2D eigenvalue weighted by Crippen LogP contribution is -2.33. The van der Waals surface area contributed by atoms with Crippen LogP contribution in [0.25, 0.3) is 0 Å². The van der Waals surface area contributed by atoms with Crippen LogP contribution in [0.4, 0.5) is 4.39 Å². The van der Waals surface area contributed by atoms with Gasteiger partial charge in [-0.1, -0.05) is 31.4 Å². The first kappa shape index (κ1) is 16.9. The molecular formula is C18H26FNO2. The Kier molecular flexibility index (Phi) is 6.84. The monoisotopic (exact) mass is 307 g/mol. The van der Waals surface area contributed by atoms with E-state index in [0.717, 1.165) is 18.4 Å². The van der Waals surface area contributed by atoms with Crippen LogP contribution in [0, 0.1) is 17.7 Å². The van der Waals surface area contributed by atoms with Crippen molar-refractivity contribution in [3.05, 3.63) is 35.6 Å². The smallest absolute Gasteiger partial charge is 0.220 e. The third-order valence-corrected chi connectivity index (χ3v) is 4.48. The van der Waals surface area contributed by atoms with Crippen molar-refractivity contribution in [2.75, 3.05) is 13.2 Å². The Balaban J connectivity index is 1.72. The van der Waals surface area contributed by atoms with Gasteiger partial charge in [-0.25, -0.2) is 4.39 Å². The van der Waals surface area contributed by atoms with Gasteiger partial charge < -0.3 is 10.4 Å². The van der Waals surface area contributed by atoms with E-state index in [1.807, 2.05) is 0 Å². The molecule has 1 saturated carbocycles. The molecule has 2 rings (SSSR count). The molecule has 0 bridgehead atoms. The van der Waals surface area contributed by atoms with Gasteiger partial charge in [0, 0.05) is 25.5 Å². The van der Waals surface area contributed by atoms with Crippen molar-refractivity contribution >= 4 is 5.91 Å². The molecule has 1 aliphatic rings. The van der Waals surface area contributed by atoms with Gasteiger partial charge in [0.2, 0.25) is 5.91 Å². The number of amides is 1. The van der Waals surface area contributed by atoms with Crippen molar-refractivity contribution in [1.29, 1.82) is 0 Å². The Morgan fingerprint density at radius 2 is 1.91 bits per heavy atom. The number of carbonyl (C=O) groups excluding carboxylic acids is 1. The second kappa shape index (κ2) is 8.89. The van der Waals surface area contributed by atoms with E-state index in [-0.39, 0.29) is 24.2 Å². The molecular weight excluding hydrogens is 281 g/mol. The van der Waals surface area contributed by atoms with Crippen molar-refractivity contribution in [2.24, 2.45) is 11.8 Å². The molecule has 0 aromatic heterocycles. The molecule has 4 heteroatoms. The SMILES string of the molecule is O=C(CC1CCCCC1)NC[C@@H](CO)Cc1ccc(F)cc1. The second-order valence-electron chi connectivity index (χ2n) is 6.39. The third-order valence-electron chi connectivity index (χ3n) is 4.48. The summed E-state index contributed by atoms with van der Waals surface area (Å²) in [6, 6.07) is 6.29. The highest BCUT2D eigenvalue weighted by atomic mass is 19.1. The van der Waals surface area contributed by atoms with Crippen LogP contribution < -0.4 is 5.32 Å². The van der Waals surface area contributed by atoms with Gasteiger partial charge in [0.15, 0.2) is 0 Å². The molecule has 1 aliphatic carbocycles. The van der Waals surface area contributed by atoms with Gasteiger partial charge in [0.05, 0.1) is 0 Å². The Labute approximate surface area is 131 Å². The van der Waals surface area contributed by atoms with E-state index < -0.39 is 0 Å². The molecule has 2 N–H and O–H groups in total. The molecule has 0 unspecified atom stereocenters. The van der Waals surface area contributed by atoms with E-state index in [0.29, 0.717) is 25.3 Å². The van der Waals surface area contributed by atoms with Crippen LogP contribution in [0.2, 0.25) is 0 Å². The summed E-state index contributed by atoms with van der Waals surface area (Å²) in [5, 5.41) is 12.4. The Morgan fingerprint density at radius 3 is 2.55 bits per heavy atom. The minimum Gasteiger partial charge on any atom is -0.396 e. The zero-order valence-corrected chi connectivity index (χ0v) is 13.1. The Hall–Kier alpha value is -1.42. The minimum absolute atomic E-state index is 0.0150. The van der Waals surface area contributed by atoms with E-state index in [4.69, 9.17) is 0 Å². The van der Waals surface area contributed by atoms with Crippen LogP contribution in [0.5, 0.6) is 0 Å². The molecule has 0 radical (unpaired) electrons. The summed E-state index contributed by atoms with van der Waals surface area (Å²) in [6.07, 6.45) is 7.33. The summed E-state index contributed by atoms with van der Waals surface area (Å²) >= 11 is 0. The first-order valence-electron chi connectivity index (χ1n) is 8.29. The summed E-state index contributed by atoms with van der Waals surface area (Å²) < 4.78 is 12.9. The maximum Gasteiger partial charge on any atom is 0.220 e. The van der Waals surface area contributed by atoms with Crippen molar-refractivity contribution in [3.8, 4) is 0 Å². The van der Waals surface area contributed by atoms with Crippen LogP contribution in [0.15, 0.2) is 24.3 Å². The van der Waals surface area contributed by atoms with Crippen molar-refractivity contribution in [3.63, 3.8) is 0 Å². The van der Waals surface area contributed by atoms with E-state index in [1.54, 1.807) is 12.1 Å².